The van der Waals surface area contributed by atoms with Crippen molar-refractivity contribution < 1.29 is 4.74 Å². The molecule has 0 spiro atoms. The molecule has 1 unspecified atom stereocenters. The molecule has 2 aromatic carbocycles. The van der Waals surface area contributed by atoms with E-state index in [2.05, 4.69) is 57.7 Å². The average molecular weight is 311 g/mol. The number of methoxy groups -OCH3 is 1. The van der Waals surface area contributed by atoms with Crippen LogP contribution in [0, 0.1) is 5.92 Å². The second kappa shape index (κ2) is 7.47. The van der Waals surface area contributed by atoms with Crippen molar-refractivity contribution in [2.75, 3.05) is 33.9 Å². The predicted octanol–water partition coefficient (Wildman–Crippen LogP) is 2.88. The number of rotatable bonds is 4. The Morgan fingerprint density at radius 1 is 1.26 bits per heavy atom. The van der Waals surface area contributed by atoms with Gasteiger partial charge in [-0.25, -0.2) is 0 Å². The summed E-state index contributed by atoms with van der Waals surface area (Å²) < 4.78 is 5.27. The largest absolute Gasteiger partial charge is 0.384 e. The van der Waals surface area contributed by atoms with Crippen LogP contribution in [-0.4, -0.2) is 44.7 Å². The van der Waals surface area contributed by atoms with E-state index >= 15 is 0 Å². The summed E-state index contributed by atoms with van der Waals surface area (Å²) in [6, 6.07) is 15.1. The first-order chi connectivity index (χ1) is 11.3. The van der Waals surface area contributed by atoms with Gasteiger partial charge < -0.3 is 15.0 Å². The third-order valence-corrected chi connectivity index (χ3v) is 4.46. The zero-order chi connectivity index (χ0) is 16.1. The second-order valence-electron chi connectivity index (χ2n) is 6.14. The van der Waals surface area contributed by atoms with Crippen LogP contribution in [-0.2, 0) is 11.3 Å². The van der Waals surface area contributed by atoms with Crippen LogP contribution in [0.25, 0.3) is 10.8 Å². The van der Waals surface area contributed by atoms with Crippen molar-refractivity contribution in [2.45, 2.75) is 13.0 Å². The van der Waals surface area contributed by atoms with Gasteiger partial charge in [0.25, 0.3) is 0 Å². The number of guanidine groups is 1. The molecular formula is C19H25N3O. The van der Waals surface area contributed by atoms with Crippen molar-refractivity contribution in [3.8, 4) is 0 Å². The van der Waals surface area contributed by atoms with Crippen molar-refractivity contribution in [2.24, 2.45) is 10.9 Å². The molecule has 1 atom stereocenters. The number of hydrogen-bond donors (Lipinski definition) is 1. The van der Waals surface area contributed by atoms with Gasteiger partial charge in [-0.05, 0) is 28.8 Å². The Balaban J connectivity index is 1.61. The number of fused-ring (bicyclic) bond motifs is 1. The zero-order valence-corrected chi connectivity index (χ0v) is 14.0. The maximum Gasteiger partial charge on any atom is 0.193 e. The normalized spacial score (nSPS) is 18.6. The topological polar surface area (TPSA) is 36.9 Å². The van der Waals surface area contributed by atoms with Crippen LogP contribution >= 0.6 is 0 Å². The van der Waals surface area contributed by atoms with E-state index in [0.717, 1.165) is 32.2 Å². The smallest absolute Gasteiger partial charge is 0.193 e. The molecule has 23 heavy (non-hydrogen) atoms. The van der Waals surface area contributed by atoms with Crippen molar-refractivity contribution in [1.82, 2.24) is 10.2 Å². The summed E-state index contributed by atoms with van der Waals surface area (Å²) in [4.78, 5) is 6.76. The fourth-order valence-corrected chi connectivity index (χ4v) is 3.26. The maximum absolute atomic E-state index is 5.27. The van der Waals surface area contributed by atoms with Crippen molar-refractivity contribution >= 4 is 16.7 Å². The quantitative estimate of drug-likeness (QED) is 0.697. The minimum atomic E-state index is 0.610. The number of benzene rings is 2. The number of ether oxygens (including phenoxy) is 1. The summed E-state index contributed by atoms with van der Waals surface area (Å²) >= 11 is 0. The minimum Gasteiger partial charge on any atom is -0.384 e. The van der Waals surface area contributed by atoms with E-state index in [1.54, 1.807) is 7.11 Å². The Kier molecular flexibility index (Phi) is 5.13. The summed E-state index contributed by atoms with van der Waals surface area (Å²) in [6.45, 7) is 3.69. The van der Waals surface area contributed by atoms with Crippen LogP contribution in [0.4, 0.5) is 0 Å². The van der Waals surface area contributed by atoms with E-state index in [1.807, 2.05) is 7.05 Å². The summed E-state index contributed by atoms with van der Waals surface area (Å²) in [7, 11) is 3.63. The van der Waals surface area contributed by atoms with Gasteiger partial charge in [0.05, 0.1) is 6.61 Å². The highest BCUT2D eigenvalue weighted by Crippen LogP contribution is 2.17. The molecule has 1 fully saturated rings. The van der Waals surface area contributed by atoms with Gasteiger partial charge in [-0.1, -0.05) is 36.4 Å². The van der Waals surface area contributed by atoms with E-state index in [9.17, 15) is 0 Å². The lowest BCUT2D eigenvalue weighted by Crippen LogP contribution is -2.39. The van der Waals surface area contributed by atoms with E-state index in [-0.39, 0.29) is 0 Å². The maximum atomic E-state index is 5.27. The number of hydrogen-bond acceptors (Lipinski definition) is 2. The van der Waals surface area contributed by atoms with Crippen molar-refractivity contribution in [3.05, 3.63) is 48.0 Å². The number of likely N-dealkylation sites (tertiary alicyclic amines) is 1. The molecule has 0 bridgehead atoms. The van der Waals surface area contributed by atoms with Gasteiger partial charge in [0.1, 0.15) is 0 Å². The third-order valence-electron chi connectivity index (χ3n) is 4.46. The van der Waals surface area contributed by atoms with Crippen molar-refractivity contribution in [1.29, 1.82) is 0 Å². The summed E-state index contributed by atoms with van der Waals surface area (Å²) in [5.41, 5.74) is 1.28. The molecule has 2 aromatic rings. The van der Waals surface area contributed by atoms with E-state index in [0.29, 0.717) is 5.92 Å². The Labute approximate surface area is 138 Å². The fraction of sp³-hybridized carbons (Fsp3) is 0.421. The highest BCUT2D eigenvalue weighted by molar-refractivity contribution is 5.83. The number of nitrogens with zero attached hydrogens (tertiary/aromatic N) is 2. The lowest BCUT2D eigenvalue weighted by molar-refractivity contribution is 0.157. The monoisotopic (exact) mass is 311 g/mol. The molecule has 4 heteroatoms. The first-order valence-electron chi connectivity index (χ1n) is 8.22. The van der Waals surface area contributed by atoms with E-state index in [1.165, 1.54) is 22.8 Å². The molecule has 1 heterocycles. The van der Waals surface area contributed by atoms with Gasteiger partial charge in [-0.3, -0.25) is 4.99 Å². The summed E-state index contributed by atoms with van der Waals surface area (Å²) in [5.74, 6) is 1.59. The van der Waals surface area contributed by atoms with Crippen molar-refractivity contribution in [3.63, 3.8) is 0 Å². The summed E-state index contributed by atoms with van der Waals surface area (Å²) in [6.07, 6.45) is 1.17. The molecule has 0 aromatic heterocycles. The highest BCUT2D eigenvalue weighted by Gasteiger charge is 2.24. The van der Waals surface area contributed by atoms with Crippen LogP contribution in [0.2, 0.25) is 0 Å². The van der Waals surface area contributed by atoms with Gasteiger partial charge in [-0.15, -0.1) is 0 Å². The molecule has 4 nitrogen and oxygen atoms in total. The molecule has 0 saturated carbocycles. The fourth-order valence-electron chi connectivity index (χ4n) is 3.26. The predicted molar refractivity (Wildman–Crippen MR) is 95.7 cm³/mol. The summed E-state index contributed by atoms with van der Waals surface area (Å²) in [5, 5.41) is 6.05. The third kappa shape index (κ3) is 3.82. The van der Waals surface area contributed by atoms with Crippen LogP contribution < -0.4 is 5.32 Å². The average Bonchev–Trinajstić information content (AvgIpc) is 3.04. The molecule has 1 saturated heterocycles. The lowest BCUT2D eigenvalue weighted by atomic mass is 10.1. The molecule has 122 valence electrons. The SMILES string of the molecule is CN=C(NCc1ccc2ccccc2c1)N1CCC(COC)C1. The molecule has 1 aliphatic rings. The van der Waals surface area contributed by atoms with Gasteiger partial charge >= 0.3 is 0 Å². The Hall–Kier alpha value is -2.07. The van der Waals surface area contributed by atoms with Crippen LogP contribution in [0.3, 0.4) is 0 Å². The Morgan fingerprint density at radius 3 is 2.87 bits per heavy atom. The van der Waals surface area contributed by atoms with Gasteiger partial charge in [0, 0.05) is 39.7 Å². The van der Waals surface area contributed by atoms with Crippen LogP contribution in [0.5, 0.6) is 0 Å². The molecular weight excluding hydrogens is 286 g/mol. The van der Waals surface area contributed by atoms with Crippen LogP contribution in [0.15, 0.2) is 47.5 Å². The highest BCUT2D eigenvalue weighted by atomic mass is 16.5. The number of nitrogens with one attached hydrogen (secondary N) is 1. The molecule has 1 aliphatic heterocycles. The second-order valence-corrected chi connectivity index (χ2v) is 6.14. The minimum absolute atomic E-state index is 0.610. The lowest BCUT2D eigenvalue weighted by Gasteiger charge is -2.21. The van der Waals surface area contributed by atoms with Crippen LogP contribution in [0.1, 0.15) is 12.0 Å². The standard InChI is InChI=1S/C19H25N3O/c1-20-19(22-10-9-16(13-22)14-23-2)21-12-15-7-8-17-5-3-4-6-18(17)11-15/h3-8,11,16H,9-10,12-14H2,1-2H3,(H,20,21). The molecule has 3 rings (SSSR count). The van der Waals surface area contributed by atoms with E-state index in [4.69, 9.17) is 4.74 Å². The number of aliphatic imine (C=N–C) groups is 1. The Morgan fingerprint density at radius 2 is 2.09 bits per heavy atom. The first kappa shape index (κ1) is 15.8. The van der Waals surface area contributed by atoms with Gasteiger partial charge in [-0.2, -0.15) is 0 Å². The Bertz CT molecular complexity index is 683. The van der Waals surface area contributed by atoms with Gasteiger partial charge in [0.15, 0.2) is 5.96 Å². The molecule has 1 N–H and O–H groups in total. The zero-order valence-electron chi connectivity index (χ0n) is 14.0. The molecule has 0 aliphatic carbocycles. The molecule has 0 amide bonds. The molecule has 0 radical (unpaired) electrons. The first-order valence-corrected chi connectivity index (χ1v) is 8.22. The van der Waals surface area contributed by atoms with Gasteiger partial charge in [0.2, 0.25) is 0 Å². The van der Waals surface area contributed by atoms with E-state index < -0.39 is 0 Å².